The van der Waals surface area contributed by atoms with Crippen LogP contribution in [0.15, 0.2) is 47.8 Å². The van der Waals surface area contributed by atoms with Gasteiger partial charge in [0.25, 0.3) is 0 Å². The highest BCUT2D eigenvalue weighted by atomic mass is 32.1. The summed E-state index contributed by atoms with van der Waals surface area (Å²) < 4.78 is 5.15. The molecule has 1 unspecified atom stereocenters. The second-order valence-corrected chi connectivity index (χ2v) is 6.41. The van der Waals surface area contributed by atoms with Crippen LogP contribution in [-0.4, -0.2) is 24.4 Å². The Morgan fingerprint density at radius 2 is 1.92 bits per heavy atom. The number of ether oxygens (including phenoxy) is 1. The average Bonchev–Trinajstić information content (AvgIpc) is 3.13. The molecule has 0 bridgehead atoms. The third-order valence-corrected chi connectivity index (χ3v) is 4.54. The standard InChI is InChI=1S/C19H23NO3S/c1-2-23-19(22)16(20-15-9-4-3-5-10-15)11-6-7-12-17(21)18-13-8-14-24-18/h3-5,8-10,13-14,16,20H,2,6-7,11-12H2,1H3. The van der Waals surface area contributed by atoms with Crippen molar-refractivity contribution < 1.29 is 14.3 Å². The zero-order valence-corrected chi connectivity index (χ0v) is 14.7. The molecule has 1 aromatic heterocycles. The van der Waals surface area contributed by atoms with Crippen LogP contribution in [-0.2, 0) is 9.53 Å². The fourth-order valence-electron chi connectivity index (χ4n) is 2.42. The van der Waals surface area contributed by atoms with Crippen LogP contribution in [0, 0.1) is 0 Å². The van der Waals surface area contributed by atoms with Crippen molar-refractivity contribution in [3.8, 4) is 0 Å². The highest BCUT2D eigenvalue weighted by Gasteiger charge is 2.19. The molecule has 128 valence electrons. The number of esters is 1. The Labute approximate surface area is 146 Å². The van der Waals surface area contributed by atoms with Crippen molar-refractivity contribution in [3.63, 3.8) is 0 Å². The third-order valence-electron chi connectivity index (χ3n) is 3.63. The Kier molecular flexibility index (Phi) is 7.49. The van der Waals surface area contributed by atoms with Gasteiger partial charge in [-0.25, -0.2) is 4.79 Å². The van der Waals surface area contributed by atoms with Crippen molar-refractivity contribution in [3.05, 3.63) is 52.7 Å². The van der Waals surface area contributed by atoms with E-state index < -0.39 is 0 Å². The summed E-state index contributed by atoms with van der Waals surface area (Å²) in [6.45, 7) is 2.17. The Hall–Kier alpha value is -2.14. The highest BCUT2D eigenvalue weighted by Crippen LogP contribution is 2.16. The number of ketones is 1. The highest BCUT2D eigenvalue weighted by molar-refractivity contribution is 7.12. The van der Waals surface area contributed by atoms with Gasteiger partial charge < -0.3 is 10.1 Å². The first kappa shape index (κ1) is 18.2. The first-order chi connectivity index (χ1) is 11.7. The predicted octanol–water partition coefficient (Wildman–Crippen LogP) is 4.54. The Balaban J connectivity index is 1.81. The molecule has 2 rings (SSSR count). The summed E-state index contributed by atoms with van der Waals surface area (Å²) in [4.78, 5) is 24.9. The van der Waals surface area contributed by atoms with Crippen molar-refractivity contribution in [1.29, 1.82) is 0 Å². The number of anilines is 1. The van der Waals surface area contributed by atoms with Crippen LogP contribution in [0.2, 0.25) is 0 Å². The number of nitrogens with one attached hydrogen (secondary N) is 1. The van der Waals surface area contributed by atoms with E-state index in [1.54, 1.807) is 6.92 Å². The molecule has 0 saturated heterocycles. The van der Waals surface area contributed by atoms with Gasteiger partial charge in [0.2, 0.25) is 0 Å². The fourth-order valence-corrected chi connectivity index (χ4v) is 3.12. The van der Waals surface area contributed by atoms with E-state index in [1.807, 2.05) is 47.8 Å². The second-order valence-electron chi connectivity index (χ2n) is 5.46. The predicted molar refractivity (Wildman–Crippen MR) is 97.6 cm³/mol. The molecule has 1 atom stereocenters. The van der Waals surface area contributed by atoms with Gasteiger partial charge in [0.15, 0.2) is 5.78 Å². The molecule has 1 aromatic carbocycles. The second kappa shape index (κ2) is 9.88. The third kappa shape index (κ3) is 5.81. The van der Waals surface area contributed by atoms with E-state index in [0.717, 1.165) is 23.4 Å². The van der Waals surface area contributed by atoms with Gasteiger partial charge in [0.05, 0.1) is 11.5 Å². The van der Waals surface area contributed by atoms with E-state index in [9.17, 15) is 9.59 Å². The maximum absolute atomic E-state index is 12.1. The summed E-state index contributed by atoms with van der Waals surface area (Å²) in [5.41, 5.74) is 0.894. The van der Waals surface area contributed by atoms with Gasteiger partial charge in [-0.15, -0.1) is 11.3 Å². The molecule has 0 radical (unpaired) electrons. The lowest BCUT2D eigenvalue weighted by Crippen LogP contribution is -2.31. The van der Waals surface area contributed by atoms with Gasteiger partial charge in [-0.3, -0.25) is 4.79 Å². The summed E-state index contributed by atoms with van der Waals surface area (Å²) in [5, 5.41) is 5.13. The number of carbonyl (C=O) groups is 2. The molecule has 4 nitrogen and oxygen atoms in total. The average molecular weight is 345 g/mol. The van der Waals surface area contributed by atoms with Crippen LogP contribution in [0.5, 0.6) is 0 Å². The molecule has 0 spiro atoms. The number of para-hydroxylation sites is 1. The number of Topliss-reactive ketones (excluding diaryl/α,β-unsaturated/α-hetero) is 1. The van der Waals surface area contributed by atoms with Gasteiger partial charge in [0.1, 0.15) is 6.04 Å². The lowest BCUT2D eigenvalue weighted by molar-refractivity contribution is -0.144. The number of hydrogen-bond donors (Lipinski definition) is 1. The summed E-state index contributed by atoms with van der Waals surface area (Å²) in [7, 11) is 0. The molecule has 0 amide bonds. The first-order valence-electron chi connectivity index (χ1n) is 8.25. The SMILES string of the molecule is CCOC(=O)C(CCCCC(=O)c1cccs1)Nc1ccccc1. The van der Waals surface area contributed by atoms with E-state index in [1.165, 1.54) is 11.3 Å². The van der Waals surface area contributed by atoms with Gasteiger partial charge in [-0.05, 0) is 43.3 Å². The minimum absolute atomic E-state index is 0.175. The van der Waals surface area contributed by atoms with Crippen LogP contribution in [0.1, 0.15) is 42.3 Å². The van der Waals surface area contributed by atoms with Crippen LogP contribution >= 0.6 is 11.3 Å². The van der Waals surface area contributed by atoms with Crippen molar-refractivity contribution >= 4 is 28.8 Å². The van der Waals surface area contributed by atoms with Crippen LogP contribution < -0.4 is 5.32 Å². The molecule has 1 heterocycles. The number of thiophene rings is 1. The first-order valence-corrected chi connectivity index (χ1v) is 9.13. The summed E-state index contributed by atoms with van der Waals surface area (Å²) >= 11 is 1.47. The molecule has 0 fully saturated rings. The summed E-state index contributed by atoms with van der Waals surface area (Å²) in [6.07, 6.45) is 2.72. The Morgan fingerprint density at radius 1 is 1.12 bits per heavy atom. The van der Waals surface area contributed by atoms with Crippen molar-refractivity contribution in [2.45, 2.75) is 38.6 Å². The zero-order chi connectivity index (χ0) is 17.2. The van der Waals surface area contributed by atoms with E-state index >= 15 is 0 Å². The number of unbranched alkanes of at least 4 members (excludes halogenated alkanes) is 1. The van der Waals surface area contributed by atoms with Gasteiger partial charge in [-0.2, -0.15) is 0 Å². The topological polar surface area (TPSA) is 55.4 Å². The molecule has 2 aromatic rings. The number of rotatable bonds is 10. The van der Waals surface area contributed by atoms with Crippen molar-refractivity contribution in [2.24, 2.45) is 0 Å². The minimum atomic E-state index is -0.385. The van der Waals surface area contributed by atoms with Crippen LogP contribution in [0.25, 0.3) is 0 Å². The lowest BCUT2D eigenvalue weighted by atomic mass is 10.1. The fraction of sp³-hybridized carbons (Fsp3) is 0.368. The smallest absolute Gasteiger partial charge is 0.328 e. The van der Waals surface area contributed by atoms with Gasteiger partial charge in [-0.1, -0.05) is 30.7 Å². The molecule has 5 heteroatoms. The number of benzene rings is 1. The summed E-state index contributed by atoms with van der Waals surface area (Å²) in [6, 6.07) is 13.0. The molecule has 0 saturated carbocycles. The quantitative estimate of drug-likeness (QED) is 0.390. The molecular formula is C19H23NO3S. The van der Waals surface area contributed by atoms with Crippen molar-refractivity contribution in [1.82, 2.24) is 0 Å². The Bertz CT molecular complexity index is 625. The van der Waals surface area contributed by atoms with Gasteiger partial charge >= 0.3 is 5.97 Å². The molecular weight excluding hydrogens is 322 g/mol. The Morgan fingerprint density at radius 3 is 2.58 bits per heavy atom. The van der Waals surface area contributed by atoms with E-state index in [4.69, 9.17) is 4.74 Å². The number of hydrogen-bond acceptors (Lipinski definition) is 5. The van der Waals surface area contributed by atoms with Crippen molar-refractivity contribution in [2.75, 3.05) is 11.9 Å². The molecule has 0 aliphatic rings. The van der Waals surface area contributed by atoms with E-state index in [0.29, 0.717) is 19.4 Å². The van der Waals surface area contributed by atoms with Crippen LogP contribution in [0.4, 0.5) is 5.69 Å². The normalized spacial score (nSPS) is 11.7. The minimum Gasteiger partial charge on any atom is -0.464 e. The van der Waals surface area contributed by atoms with E-state index in [-0.39, 0.29) is 17.8 Å². The number of carbonyl (C=O) groups excluding carboxylic acids is 2. The summed E-state index contributed by atoms with van der Waals surface area (Å²) in [5.74, 6) is -0.0698. The molecule has 0 aliphatic carbocycles. The van der Waals surface area contributed by atoms with Gasteiger partial charge in [0, 0.05) is 12.1 Å². The lowest BCUT2D eigenvalue weighted by Gasteiger charge is -2.18. The monoisotopic (exact) mass is 345 g/mol. The molecule has 0 aliphatic heterocycles. The van der Waals surface area contributed by atoms with E-state index in [2.05, 4.69) is 5.32 Å². The largest absolute Gasteiger partial charge is 0.464 e. The maximum atomic E-state index is 12.1. The zero-order valence-electron chi connectivity index (χ0n) is 13.9. The van der Waals surface area contributed by atoms with Crippen LogP contribution in [0.3, 0.4) is 0 Å². The molecule has 1 N–H and O–H groups in total. The maximum Gasteiger partial charge on any atom is 0.328 e. The molecule has 24 heavy (non-hydrogen) atoms.